The van der Waals surface area contributed by atoms with Gasteiger partial charge >= 0.3 is 0 Å². The van der Waals surface area contributed by atoms with Crippen LogP contribution in [0.5, 0.6) is 5.75 Å². The second kappa shape index (κ2) is 4.48. The van der Waals surface area contributed by atoms with Crippen molar-refractivity contribution in [2.24, 2.45) is 5.41 Å². The number of ketones is 1. The number of carbonyl (C=O) groups excluding carboxylic acids is 1. The molecule has 1 N–H and O–H groups in total. The second-order valence-electron chi connectivity index (χ2n) is 5.60. The van der Waals surface area contributed by atoms with E-state index in [0.717, 1.165) is 22.3 Å². The molecule has 0 aliphatic rings. The van der Waals surface area contributed by atoms with Crippen LogP contribution in [0.3, 0.4) is 0 Å². The fraction of sp³-hybridized carbons (Fsp3) is 0.400. The zero-order chi connectivity index (χ0) is 13.3. The van der Waals surface area contributed by atoms with E-state index in [9.17, 15) is 4.79 Å². The van der Waals surface area contributed by atoms with Crippen LogP contribution in [0.15, 0.2) is 24.3 Å². The number of carbonyl (C=O) groups is 1. The zero-order valence-corrected chi connectivity index (χ0v) is 11.3. The number of H-pyrrole nitrogens is 1. The van der Waals surface area contributed by atoms with E-state index >= 15 is 0 Å². The zero-order valence-electron chi connectivity index (χ0n) is 11.3. The Bertz CT molecular complexity index is 576. The van der Waals surface area contributed by atoms with Crippen LogP contribution in [0, 0.1) is 5.41 Å². The first-order valence-corrected chi connectivity index (χ1v) is 6.09. The van der Waals surface area contributed by atoms with E-state index < -0.39 is 0 Å². The Morgan fingerprint density at radius 1 is 1.28 bits per heavy atom. The summed E-state index contributed by atoms with van der Waals surface area (Å²) in [7, 11) is 1.65. The Labute approximate surface area is 107 Å². The van der Waals surface area contributed by atoms with Crippen LogP contribution in [-0.2, 0) is 11.2 Å². The van der Waals surface area contributed by atoms with Crippen molar-refractivity contribution in [1.29, 1.82) is 0 Å². The van der Waals surface area contributed by atoms with Gasteiger partial charge < -0.3 is 9.72 Å². The molecule has 3 nitrogen and oxygen atoms in total. The molecule has 0 amide bonds. The van der Waals surface area contributed by atoms with Crippen molar-refractivity contribution in [3.8, 4) is 5.75 Å². The molecule has 0 atom stereocenters. The number of Topliss-reactive ketones (excluding diaryl/α,β-unsaturated/α-hetero) is 1. The predicted molar refractivity (Wildman–Crippen MR) is 73.0 cm³/mol. The van der Waals surface area contributed by atoms with Gasteiger partial charge in [-0.15, -0.1) is 0 Å². The minimum atomic E-state index is -0.297. The molecule has 0 radical (unpaired) electrons. The maximum absolute atomic E-state index is 12.0. The minimum Gasteiger partial charge on any atom is -0.497 e. The molecule has 2 aromatic rings. The molecule has 0 saturated heterocycles. The van der Waals surface area contributed by atoms with E-state index in [-0.39, 0.29) is 11.2 Å². The fourth-order valence-corrected chi connectivity index (χ4v) is 1.83. The number of hydrogen-bond acceptors (Lipinski definition) is 2. The largest absolute Gasteiger partial charge is 0.497 e. The Morgan fingerprint density at radius 3 is 2.61 bits per heavy atom. The number of methoxy groups -OCH3 is 1. The lowest BCUT2D eigenvalue weighted by atomic mass is 9.88. The molecule has 96 valence electrons. The van der Waals surface area contributed by atoms with Gasteiger partial charge in [-0.05, 0) is 24.3 Å². The smallest absolute Gasteiger partial charge is 0.144 e. The first-order valence-electron chi connectivity index (χ1n) is 6.09. The van der Waals surface area contributed by atoms with Gasteiger partial charge in [-0.1, -0.05) is 20.8 Å². The molecular weight excluding hydrogens is 226 g/mol. The third-order valence-corrected chi connectivity index (χ3v) is 3.07. The molecule has 18 heavy (non-hydrogen) atoms. The first kappa shape index (κ1) is 12.7. The lowest BCUT2D eigenvalue weighted by Crippen LogP contribution is -2.22. The van der Waals surface area contributed by atoms with Crippen molar-refractivity contribution in [2.75, 3.05) is 7.11 Å². The molecule has 0 fully saturated rings. The molecule has 0 unspecified atom stereocenters. The van der Waals surface area contributed by atoms with Gasteiger partial charge in [0.05, 0.1) is 7.11 Å². The highest BCUT2D eigenvalue weighted by molar-refractivity contribution is 5.88. The molecule has 1 heterocycles. The third kappa shape index (κ3) is 2.55. The van der Waals surface area contributed by atoms with Gasteiger partial charge in [-0.2, -0.15) is 0 Å². The Kier molecular flexibility index (Phi) is 3.16. The summed E-state index contributed by atoms with van der Waals surface area (Å²) >= 11 is 0. The number of rotatable bonds is 3. The predicted octanol–water partition coefficient (Wildman–Crippen LogP) is 3.33. The summed E-state index contributed by atoms with van der Waals surface area (Å²) in [5.41, 5.74) is 1.69. The second-order valence-corrected chi connectivity index (χ2v) is 5.60. The lowest BCUT2D eigenvalue weighted by molar-refractivity contribution is -0.125. The summed E-state index contributed by atoms with van der Waals surface area (Å²) in [6.07, 6.45) is 0.445. The molecule has 0 saturated carbocycles. The first-order chi connectivity index (χ1) is 8.40. The van der Waals surface area contributed by atoms with Crippen molar-refractivity contribution >= 4 is 16.7 Å². The maximum Gasteiger partial charge on any atom is 0.144 e. The summed E-state index contributed by atoms with van der Waals surface area (Å²) in [5.74, 6) is 1.07. The molecule has 0 aliphatic carbocycles. The normalized spacial score (nSPS) is 11.8. The highest BCUT2D eigenvalue weighted by Gasteiger charge is 2.21. The topological polar surface area (TPSA) is 42.1 Å². The van der Waals surface area contributed by atoms with E-state index in [1.165, 1.54) is 0 Å². The van der Waals surface area contributed by atoms with E-state index in [4.69, 9.17) is 4.74 Å². The average Bonchev–Trinajstić information content (AvgIpc) is 2.68. The van der Waals surface area contributed by atoms with Gasteiger partial charge in [0.25, 0.3) is 0 Å². The number of nitrogens with one attached hydrogen (secondary N) is 1. The van der Waals surface area contributed by atoms with Crippen molar-refractivity contribution in [2.45, 2.75) is 27.2 Å². The number of aromatic amines is 1. The molecule has 0 spiro atoms. The van der Waals surface area contributed by atoms with E-state index in [2.05, 4.69) is 4.98 Å². The van der Waals surface area contributed by atoms with E-state index in [1.54, 1.807) is 7.11 Å². The Balaban J connectivity index is 2.28. The van der Waals surface area contributed by atoms with E-state index in [0.29, 0.717) is 6.42 Å². The Hall–Kier alpha value is -1.77. The summed E-state index contributed by atoms with van der Waals surface area (Å²) in [5, 5.41) is 1.08. The average molecular weight is 245 g/mol. The molecular formula is C15H19NO2. The van der Waals surface area contributed by atoms with Crippen molar-refractivity contribution < 1.29 is 9.53 Å². The molecule has 0 bridgehead atoms. The quantitative estimate of drug-likeness (QED) is 0.901. The SMILES string of the molecule is COc1ccc2[nH]c(CC(=O)C(C)(C)C)cc2c1. The van der Waals surface area contributed by atoms with Crippen LogP contribution in [0.25, 0.3) is 10.9 Å². The standard InChI is InChI=1S/C15H19NO2/c1-15(2,3)14(17)9-11-7-10-8-12(18-4)5-6-13(10)16-11/h5-8,16H,9H2,1-4H3. The minimum absolute atomic E-state index is 0.237. The number of aromatic nitrogens is 1. The highest BCUT2D eigenvalue weighted by Crippen LogP contribution is 2.23. The van der Waals surface area contributed by atoms with Gasteiger partial charge in [-0.3, -0.25) is 4.79 Å². The van der Waals surface area contributed by atoms with Crippen LogP contribution in [0.4, 0.5) is 0 Å². The summed E-state index contributed by atoms with van der Waals surface area (Å²) in [4.78, 5) is 15.3. The molecule has 3 heteroatoms. The van der Waals surface area contributed by atoms with Crippen molar-refractivity contribution in [1.82, 2.24) is 4.98 Å². The number of benzene rings is 1. The summed E-state index contributed by atoms with van der Waals surface area (Å²) < 4.78 is 5.19. The fourth-order valence-electron chi connectivity index (χ4n) is 1.83. The van der Waals surface area contributed by atoms with Crippen LogP contribution in [-0.4, -0.2) is 17.9 Å². The van der Waals surface area contributed by atoms with Crippen LogP contribution >= 0.6 is 0 Å². The van der Waals surface area contributed by atoms with Gasteiger partial charge in [0, 0.05) is 28.4 Å². The number of ether oxygens (including phenoxy) is 1. The maximum atomic E-state index is 12.0. The van der Waals surface area contributed by atoms with E-state index in [1.807, 2.05) is 45.0 Å². The molecule has 2 rings (SSSR count). The van der Waals surface area contributed by atoms with Crippen LogP contribution in [0.1, 0.15) is 26.5 Å². The van der Waals surface area contributed by atoms with Gasteiger partial charge in [-0.25, -0.2) is 0 Å². The third-order valence-electron chi connectivity index (χ3n) is 3.07. The highest BCUT2D eigenvalue weighted by atomic mass is 16.5. The van der Waals surface area contributed by atoms with Crippen LogP contribution < -0.4 is 4.74 Å². The number of hydrogen-bond donors (Lipinski definition) is 1. The summed E-state index contributed by atoms with van der Waals surface area (Å²) in [6, 6.07) is 7.87. The molecule has 0 aliphatic heterocycles. The van der Waals surface area contributed by atoms with Gasteiger partial charge in [0.2, 0.25) is 0 Å². The van der Waals surface area contributed by atoms with Crippen molar-refractivity contribution in [3.05, 3.63) is 30.0 Å². The number of fused-ring (bicyclic) bond motifs is 1. The molecule has 1 aromatic heterocycles. The van der Waals surface area contributed by atoms with Gasteiger partial charge in [0.15, 0.2) is 0 Å². The lowest BCUT2D eigenvalue weighted by Gasteiger charge is -2.15. The summed E-state index contributed by atoms with van der Waals surface area (Å²) in [6.45, 7) is 5.84. The monoisotopic (exact) mass is 245 g/mol. The molecule has 1 aromatic carbocycles. The van der Waals surface area contributed by atoms with Gasteiger partial charge in [0.1, 0.15) is 11.5 Å². The van der Waals surface area contributed by atoms with Crippen molar-refractivity contribution in [3.63, 3.8) is 0 Å². The van der Waals surface area contributed by atoms with Crippen LogP contribution in [0.2, 0.25) is 0 Å². The Morgan fingerprint density at radius 2 is 2.00 bits per heavy atom.